The maximum Gasteiger partial charge on any atom is 0.167 e. The first-order chi connectivity index (χ1) is 8.19. The minimum absolute atomic E-state index is 0.0823. The molecular weight excluding hydrogens is 234 g/mol. The fourth-order valence-electron chi connectivity index (χ4n) is 2.47. The maximum absolute atomic E-state index is 9.55. The highest BCUT2D eigenvalue weighted by Crippen LogP contribution is 2.37. The predicted molar refractivity (Wildman–Crippen MR) is 70.2 cm³/mol. The highest BCUT2D eigenvalue weighted by molar-refractivity contribution is 7.99. The zero-order valence-corrected chi connectivity index (χ0v) is 11.3. The average molecular weight is 255 g/mol. The smallest absolute Gasteiger partial charge is 0.167 e. The zero-order chi connectivity index (χ0) is 12.3. The van der Waals surface area contributed by atoms with Gasteiger partial charge in [-0.3, -0.25) is 0 Å². The number of nitrogens with one attached hydrogen (secondary N) is 1. The van der Waals surface area contributed by atoms with Gasteiger partial charge < -0.3 is 15.0 Å². The van der Waals surface area contributed by atoms with Crippen LogP contribution in [0.2, 0.25) is 0 Å². The average Bonchev–Trinajstić information content (AvgIpc) is 2.75. The van der Waals surface area contributed by atoms with Crippen molar-refractivity contribution in [2.75, 3.05) is 13.7 Å². The van der Waals surface area contributed by atoms with Crippen molar-refractivity contribution in [2.24, 2.45) is 7.05 Å². The van der Waals surface area contributed by atoms with E-state index < -0.39 is 0 Å². The number of imidazole rings is 1. The lowest BCUT2D eigenvalue weighted by Crippen LogP contribution is -2.50. The molecule has 0 spiro atoms. The number of hydrogen-bond acceptors (Lipinski definition) is 4. The first kappa shape index (κ1) is 12.9. The van der Waals surface area contributed by atoms with E-state index >= 15 is 0 Å². The Labute approximate surface area is 107 Å². The normalized spacial score (nSPS) is 29.5. The number of rotatable bonds is 4. The molecule has 1 saturated carbocycles. The molecule has 2 N–H and O–H groups in total. The number of aromatic nitrogens is 2. The van der Waals surface area contributed by atoms with E-state index in [1.165, 1.54) is 12.8 Å². The number of hydrogen-bond donors (Lipinski definition) is 2. The van der Waals surface area contributed by atoms with Crippen LogP contribution in [0, 0.1) is 0 Å². The summed E-state index contributed by atoms with van der Waals surface area (Å²) < 4.78 is 2.05. The number of aliphatic hydroxyl groups is 1. The van der Waals surface area contributed by atoms with Crippen molar-refractivity contribution in [3.05, 3.63) is 12.4 Å². The van der Waals surface area contributed by atoms with Crippen LogP contribution in [0.4, 0.5) is 0 Å². The van der Waals surface area contributed by atoms with Gasteiger partial charge in [-0.2, -0.15) is 0 Å². The largest absolute Gasteiger partial charge is 0.394 e. The van der Waals surface area contributed by atoms with Crippen LogP contribution in [-0.2, 0) is 7.05 Å². The van der Waals surface area contributed by atoms with Gasteiger partial charge >= 0.3 is 0 Å². The van der Waals surface area contributed by atoms with Gasteiger partial charge in [0, 0.05) is 30.2 Å². The second-order valence-corrected chi connectivity index (χ2v) is 6.11. The van der Waals surface area contributed by atoms with E-state index in [1.807, 2.05) is 38.3 Å². The molecule has 0 aromatic carbocycles. The molecule has 2 rings (SSSR count). The summed E-state index contributed by atoms with van der Waals surface area (Å²) in [6.45, 7) is 0.223. The molecule has 96 valence electrons. The summed E-state index contributed by atoms with van der Waals surface area (Å²) in [5.41, 5.74) is -0.0823. The van der Waals surface area contributed by atoms with Crippen LogP contribution in [0.1, 0.15) is 25.7 Å². The number of nitrogens with zero attached hydrogens (tertiary/aromatic N) is 2. The molecule has 1 aromatic heterocycles. The van der Waals surface area contributed by atoms with Crippen LogP contribution >= 0.6 is 11.8 Å². The van der Waals surface area contributed by atoms with E-state index in [-0.39, 0.29) is 12.1 Å². The number of aryl methyl sites for hydroxylation is 1. The quantitative estimate of drug-likeness (QED) is 0.854. The first-order valence-corrected chi connectivity index (χ1v) is 7.01. The van der Waals surface area contributed by atoms with Gasteiger partial charge in [0.2, 0.25) is 0 Å². The topological polar surface area (TPSA) is 50.1 Å². The van der Waals surface area contributed by atoms with Crippen LogP contribution in [0.15, 0.2) is 17.6 Å². The summed E-state index contributed by atoms with van der Waals surface area (Å²) in [7, 11) is 3.97. The Morgan fingerprint density at radius 1 is 1.71 bits per heavy atom. The first-order valence-electron chi connectivity index (χ1n) is 6.13. The molecule has 0 aliphatic heterocycles. The summed E-state index contributed by atoms with van der Waals surface area (Å²) in [5, 5.41) is 14.5. The second-order valence-electron chi connectivity index (χ2n) is 4.85. The molecule has 1 aliphatic carbocycles. The van der Waals surface area contributed by atoms with Crippen LogP contribution in [0.25, 0.3) is 0 Å². The van der Waals surface area contributed by atoms with E-state index in [4.69, 9.17) is 0 Å². The Kier molecular flexibility index (Phi) is 4.12. The third kappa shape index (κ3) is 2.84. The van der Waals surface area contributed by atoms with E-state index in [0.717, 1.165) is 18.0 Å². The molecule has 0 amide bonds. The van der Waals surface area contributed by atoms with Crippen LogP contribution in [0.3, 0.4) is 0 Å². The van der Waals surface area contributed by atoms with Gasteiger partial charge in [-0.15, -0.1) is 0 Å². The Morgan fingerprint density at radius 2 is 2.53 bits per heavy atom. The molecule has 1 fully saturated rings. The van der Waals surface area contributed by atoms with Crippen molar-refractivity contribution in [3.63, 3.8) is 0 Å². The van der Waals surface area contributed by atoms with E-state index in [9.17, 15) is 5.11 Å². The molecule has 1 heterocycles. The van der Waals surface area contributed by atoms with E-state index in [2.05, 4.69) is 14.9 Å². The fraction of sp³-hybridized carbons (Fsp3) is 0.750. The lowest BCUT2D eigenvalue weighted by molar-refractivity contribution is 0.131. The Bertz CT molecular complexity index is 362. The van der Waals surface area contributed by atoms with Crippen molar-refractivity contribution in [2.45, 2.75) is 41.6 Å². The summed E-state index contributed by atoms with van der Waals surface area (Å²) in [4.78, 5) is 4.35. The molecule has 2 unspecified atom stereocenters. The number of aliphatic hydroxyl groups excluding tert-OH is 1. The third-order valence-electron chi connectivity index (χ3n) is 3.68. The summed E-state index contributed by atoms with van der Waals surface area (Å²) in [6.07, 6.45) is 8.27. The summed E-state index contributed by atoms with van der Waals surface area (Å²) in [5.74, 6) is 0. The highest BCUT2D eigenvalue weighted by atomic mass is 32.2. The highest BCUT2D eigenvalue weighted by Gasteiger charge is 2.35. The van der Waals surface area contributed by atoms with Gasteiger partial charge in [0.25, 0.3) is 0 Å². The molecule has 0 radical (unpaired) electrons. The van der Waals surface area contributed by atoms with Gasteiger partial charge in [-0.1, -0.05) is 18.2 Å². The Hall–Kier alpha value is -0.520. The Balaban J connectivity index is 2.00. The molecule has 4 nitrogen and oxygen atoms in total. The molecule has 0 saturated heterocycles. The maximum atomic E-state index is 9.55. The lowest BCUT2D eigenvalue weighted by Gasteiger charge is -2.39. The molecule has 1 aromatic rings. The lowest BCUT2D eigenvalue weighted by atomic mass is 9.82. The summed E-state index contributed by atoms with van der Waals surface area (Å²) in [6, 6.07) is 0. The van der Waals surface area contributed by atoms with Crippen LogP contribution < -0.4 is 5.32 Å². The monoisotopic (exact) mass is 255 g/mol. The molecule has 2 atom stereocenters. The Morgan fingerprint density at radius 3 is 3.12 bits per heavy atom. The number of likely N-dealkylation sites (N-methyl/N-ethyl adjacent to an activating group) is 1. The van der Waals surface area contributed by atoms with Crippen molar-refractivity contribution >= 4 is 11.8 Å². The molecule has 5 heteroatoms. The molecular formula is C12H21N3OS. The SMILES string of the molecule is CNC1(CO)CCCC(Sc2nccn2C)C1. The minimum atomic E-state index is -0.0823. The van der Waals surface area contributed by atoms with E-state index in [1.54, 1.807) is 0 Å². The van der Waals surface area contributed by atoms with Crippen LogP contribution in [0.5, 0.6) is 0 Å². The van der Waals surface area contributed by atoms with Gasteiger partial charge in [-0.05, 0) is 26.3 Å². The van der Waals surface area contributed by atoms with E-state index in [0.29, 0.717) is 5.25 Å². The predicted octanol–water partition coefficient (Wildman–Crippen LogP) is 1.41. The number of thioether (sulfide) groups is 1. The zero-order valence-electron chi connectivity index (χ0n) is 10.5. The molecule has 1 aliphatic rings. The van der Waals surface area contributed by atoms with Gasteiger partial charge in [-0.25, -0.2) is 4.98 Å². The van der Waals surface area contributed by atoms with Crippen LogP contribution in [-0.4, -0.2) is 39.1 Å². The van der Waals surface area contributed by atoms with Crippen molar-refractivity contribution < 1.29 is 5.11 Å². The van der Waals surface area contributed by atoms with Gasteiger partial charge in [0.1, 0.15) is 0 Å². The minimum Gasteiger partial charge on any atom is -0.394 e. The second kappa shape index (κ2) is 5.42. The van der Waals surface area contributed by atoms with Gasteiger partial charge in [0.05, 0.1) is 6.61 Å². The van der Waals surface area contributed by atoms with Crippen molar-refractivity contribution in [3.8, 4) is 0 Å². The summed E-state index contributed by atoms with van der Waals surface area (Å²) >= 11 is 1.83. The van der Waals surface area contributed by atoms with Gasteiger partial charge in [0.15, 0.2) is 5.16 Å². The van der Waals surface area contributed by atoms with Crippen molar-refractivity contribution in [1.29, 1.82) is 0 Å². The third-order valence-corrected chi connectivity index (χ3v) is 5.02. The molecule has 17 heavy (non-hydrogen) atoms. The fourth-order valence-corrected chi connectivity index (χ4v) is 3.81. The standard InChI is InChI=1S/C12H21N3OS/c1-13-12(9-16)5-3-4-10(8-12)17-11-14-6-7-15(11)2/h6-7,10,13,16H,3-5,8-9H2,1-2H3. The van der Waals surface area contributed by atoms with Crippen molar-refractivity contribution in [1.82, 2.24) is 14.9 Å². The molecule has 0 bridgehead atoms.